The van der Waals surface area contributed by atoms with E-state index in [1.54, 1.807) is 7.05 Å². The Kier molecular flexibility index (Phi) is 7.13. The van der Waals surface area contributed by atoms with Crippen molar-refractivity contribution in [3.05, 3.63) is 29.3 Å². The summed E-state index contributed by atoms with van der Waals surface area (Å²) < 4.78 is 0. The lowest BCUT2D eigenvalue weighted by molar-refractivity contribution is 0.0963. The zero-order chi connectivity index (χ0) is 15.0. The molecule has 1 aromatic carbocycles. The largest absolute Gasteiger partial charge is 0.382 e. The fourth-order valence-electron chi connectivity index (χ4n) is 2.33. The van der Waals surface area contributed by atoms with Gasteiger partial charge in [-0.3, -0.25) is 4.79 Å². The van der Waals surface area contributed by atoms with Gasteiger partial charge in [0.05, 0.1) is 0 Å². The molecule has 1 unspecified atom stereocenters. The van der Waals surface area contributed by atoms with Crippen molar-refractivity contribution in [2.75, 3.05) is 12.4 Å². The number of carbonyl (C=O) groups is 1. The molecule has 0 aromatic heterocycles. The van der Waals surface area contributed by atoms with Gasteiger partial charge >= 0.3 is 0 Å². The van der Waals surface area contributed by atoms with Crippen LogP contribution in [0.4, 0.5) is 5.69 Å². The van der Waals surface area contributed by atoms with E-state index in [0.717, 1.165) is 11.3 Å². The van der Waals surface area contributed by atoms with Crippen LogP contribution in [0.25, 0.3) is 0 Å². The highest BCUT2D eigenvalue weighted by Gasteiger charge is 2.08. The van der Waals surface area contributed by atoms with Crippen LogP contribution < -0.4 is 10.6 Å². The molecule has 0 aliphatic carbocycles. The minimum absolute atomic E-state index is 0.0349. The summed E-state index contributed by atoms with van der Waals surface area (Å²) in [7, 11) is 1.65. The maximum Gasteiger partial charge on any atom is 0.251 e. The average Bonchev–Trinajstić information content (AvgIpc) is 2.45. The van der Waals surface area contributed by atoms with Crippen LogP contribution in [0.3, 0.4) is 0 Å². The Balaban J connectivity index is 2.53. The molecule has 0 saturated heterocycles. The first-order valence-electron chi connectivity index (χ1n) is 7.67. The van der Waals surface area contributed by atoms with Crippen LogP contribution in [0.2, 0.25) is 0 Å². The number of amides is 1. The third-order valence-corrected chi connectivity index (χ3v) is 3.61. The number of unbranched alkanes of at least 4 members (excludes halogenated alkanes) is 3. The molecule has 0 bridgehead atoms. The van der Waals surface area contributed by atoms with Crippen LogP contribution >= 0.6 is 0 Å². The molecule has 0 aliphatic rings. The van der Waals surface area contributed by atoms with Crippen molar-refractivity contribution in [3.63, 3.8) is 0 Å². The van der Waals surface area contributed by atoms with Gasteiger partial charge in [-0.2, -0.15) is 0 Å². The van der Waals surface area contributed by atoms with Crippen molar-refractivity contribution in [2.45, 2.75) is 58.9 Å². The highest BCUT2D eigenvalue weighted by molar-refractivity contribution is 5.94. The molecule has 112 valence electrons. The van der Waals surface area contributed by atoms with Crippen molar-refractivity contribution in [1.82, 2.24) is 5.32 Å². The van der Waals surface area contributed by atoms with Crippen LogP contribution in [-0.2, 0) is 0 Å². The number of benzene rings is 1. The summed E-state index contributed by atoms with van der Waals surface area (Å²) in [6.45, 7) is 6.50. The van der Waals surface area contributed by atoms with Gasteiger partial charge in [-0.25, -0.2) is 0 Å². The summed E-state index contributed by atoms with van der Waals surface area (Å²) in [5.41, 5.74) is 2.96. The van der Waals surface area contributed by atoms with Crippen LogP contribution in [0.15, 0.2) is 18.2 Å². The van der Waals surface area contributed by atoms with Gasteiger partial charge in [0.15, 0.2) is 0 Å². The quantitative estimate of drug-likeness (QED) is 0.701. The van der Waals surface area contributed by atoms with Crippen molar-refractivity contribution in [1.29, 1.82) is 0 Å². The van der Waals surface area contributed by atoms with E-state index in [0.29, 0.717) is 11.6 Å². The van der Waals surface area contributed by atoms with Crippen LogP contribution in [-0.4, -0.2) is 19.0 Å². The Hall–Kier alpha value is -1.51. The molecule has 1 rings (SSSR count). The third-order valence-electron chi connectivity index (χ3n) is 3.61. The number of carbonyl (C=O) groups excluding carboxylic acids is 1. The normalized spacial score (nSPS) is 12.0. The van der Waals surface area contributed by atoms with Crippen LogP contribution in [0.1, 0.15) is 61.9 Å². The van der Waals surface area contributed by atoms with E-state index in [9.17, 15) is 4.79 Å². The molecule has 2 N–H and O–H groups in total. The maximum atomic E-state index is 11.6. The van der Waals surface area contributed by atoms with E-state index in [2.05, 4.69) is 24.5 Å². The lowest BCUT2D eigenvalue weighted by atomic mass is 10.1. The molecule has 0 saturated carbocycles. The lowest BCUT2D eigenvalue weighted by Crippen LogP contribution is -2.19. The third kappa shape index (κ3) is 5.24. The summed E-state index contributed by atoms with van der Waals surface area (Å²) >= 11 is 0. The van der Waals surface area contributed by atoms with Crippen molar-refractivity contribution in [3.8, 4) is 0 Å². The minimum atomic E-state index is -0.0349. The molecule has 1 atom stereocenters. The number of nitrogens with one attached hydrogen (secondary N) is 2. The molecule has 0 fully saturated rings. The second-order valence-corrected chi connectivity index (χ2v) is 5.50. The molecular formula is C17H28N2O. The minimum Gasteiger partial charge on any atom is -0.382 e. The number of anilines is 1. The summed E-state index contributed by atoms with van der Waals surface area (Å²) in [4.78, 5) is 11.6. The van der Waals surface area contributed by atoms with Gasteiger partial charge in [-0.1, -0.05) is 32.6 Å². The summed E-state index contributed by atoms with van der Waals surface area (Å²) in [6, 6.07) is 6.28. The van der Waals surface area contributed by atoms with Crippen LogP contribution in [0, 0.1) is 6.92 Å². The molecule has 0 radical (unpaired) electrons. The average molecular weight is 276 g/mol. The zero-order valence-corrected chi connectivity index (χ0v) is 13.3. The van der Waals surface area contributed by atoms with Crippen molar-refractivity contribution in [2.24, 2.45) is 0 Å². The topological polar surface area (TPSA) is 41.1 Å². The highest BCUT2D eigenvalue weighted by Crippen LogP contribution is 2.19. The highest BCUT2D eigenvalue weighted by atomic mass is 16.1. The number of rotatable bonds is 8. The summed E-state index contributed by atoms with van der Waals surface area (Å²) in [5.74, 6) is -0.0349. The predicted molar refractivity (Wildman–Crippen MR) is 86.4 cm³/mol. The van der Waals surface area contributed by atoms with E-state index >= 15 is 0 Å². The van der Waals surface area contributed by atoms with E-state index in [1.807, 2.05) is 25.1 Å². The second kappa shape index (κ2) is 8.62. The lowest BCUT2D eigenvalue weighted by Gasteiger charge is -2.17. The van der Waals surface area contributed by atoms with E-state index in [4.69, 9.17) is 0 Å². The second-order valence-electron chi connectivity index (χ2n) is 5.50. The summed E-state index contributed by atoms with van der Waals surface area (Å²) in [5, 5.41) is 6.19. The Morgan fingerprint density at radius 1 is 1.25 bits per heavy atom. The zero-order valence-electron chi connectivity index (χ0n) is 13.3. The molecule has 0 spiro atoms. The van der Waals surface area contributed by atoms with Crippen molar-refractivity contribution < 1.29 is 4.79 Å². The van der Waals surface area contributed by atoms with Crippen molar-refractivity contribution >= 4 is 11.6 Å². The Morgan fingerprint density at radius 2 is 2.00 bits per heavy atom. The van der Waals surface area contributed by atoms with E-state index < -0.39 is 0 Å². The predicted octanol–water partition coefficient (Wildman–Crippen LogP) is 4.13. The van der Waals surface area contributed by atoms with Gasteiger partial charge in [0.1, 0.15) is 0 Å². The van der Waals surface area contributed by atoms with E-state index in [1.165, 1.54) is 32.1 Å². The van der Waals surface area contributed by atoms with E-state index in [-0.39, 0.29) is 5.91 Å². The number of hydrogen-bond acceptors (Lipinski definition) is 2. The molecule has 0 aliphatic heterocycles. The Morgan fingerprint density at radius 3 is 2.60 bits per heavy atom. The summed E-state index contributed by atoms with van der Waals surface area (Å²) in [6.07, 6.45) is 6.39. The molecule has 0 heterocycles. The molecule has 1 amide bonds. The molecule has 20 heavy (non-hydrogen) atoms. The fraction of sp³-hybridized carbons (Fsp3) is 0.588. The monoisotopic (exact) mass is 276 g/mol. The van der Waals surface area contributed by atoms with Gasteiger partial charge in [0.25, 0.3) is 5.91 Å². The number of aryl methyl sites for hydroxylation is 1. The molecular weight excluding hydrogens is 248 g/mol. The van der Waals surface area contributed by atoms with Gasteiger partial charge in [-0.15, -0.1) is 0 Å². The van der Waals surface area contributed by atoms with Gasteiger partial charge in [0, 0.05) is 24.3 Å². The Bertz CT molecular complexity index is 429. The van der Waals surface area contributed by atoms with Gasteiger partial charge in [0.2, 0.25) is 0 Å². The first-order valence-corrected chi connectivity index (χ1v) is 7.67. The standard InChI is InChI=1S/C17H28N2O/c1-5-6-7-8-9-14(3)19-16-11-10-15(12-13(16)2)17(20)18-4/h10-12,14,19H,5-9H2,1-4H3,(H,18,20). The first-order chi connectivity index (χ1) is 9.58. The first kappa shape index (κ1) is 16.5. The van der Waals surface area contributed by atoms with Gasteiger partial charge < -0.3 is 10.6 Å². The maximum absolute atomic E-state index is 11.6. The smallest absolute Gasteiger partial charge is 0.251 e. The fourth-order valence-corrected chi connectivity index (χ4v) is 2.33. The number of hydrogen-bond donors (Lipinski definition) is 2. The molecule has 3 nitrogen and oxygen atoms in total. The van der Waals surface area contributed by atoms with Crippen LogP contribution in [0.5, 0.6) is 0 Å². The Labute approximate surface area is 123 Å². The molecule has 3 heteroatoms. The van der Waals surface area contributed by atoms with Gasteiger partial charge in [-0.05, 0) is 44.0 Å². The molecule has 1 aromatic rings. The SMILES string of the molecule is CCCCCCC(C)Nc1ccc(C(=O)NC)cc1C.